The third-order valence-corrected chi connectivity index (χ3v) is 3.84. The molecule has 2 heteroatoms. The third-order valence-electron chi connectivity index (χ3n) is 3.84. The van der Waals surface area contributed by atoms with Crippen LogP contribution in [0, 0.1) is 5.92 Å². The molecule has 1 fully saturated rings. The molecule has 1 heterocycles. The van der Waals surface area contributed by atoms with E-state index in [0.29, 0.717) is 0 Å². The Hall–Kier alpha value is -1.02. The Kier molecular flexibility index (Phi) is 2.83. The van der Waals surface area contributed by atoms with Crippen molar-refractivity contribution in [3.8, 4) is 0 Å². The quantitative estimate of drug-likeness (QED) is 0.860. The maximum absolute atomic E-state index is 9.42. The van der Waals surface area contributed by atoms with Crippen LogP contribution in [0.25, 0.3) is 0 Å². The highest BCUT2D eigenvalue weighted by atomic mass is 16.3. The number of fused-ring (bicyclic) bond motifs is 1. The molecule has 0 amide bonds. The number of anilines is 1. The summed E-state index contributed by atoms with van der Waals surface area (Å²) < 4.78 is 0. The van der Waals surface area contributed by atoms with E-state index < -0.39 is 0 Å². The molecule has 1 aromatic rings. The monoisotopic (exact) mass is 231 g/mol. The molecule has 92 valence electrons. The molecule has 1 N–H and O–H groups in total. The van der Waals surface area contributed by atoms with Crippen LogP contribution in [-0.4, -0.2) is 24.3 Å². The summed E-state index contributed by atoms with van der Waals surface area (Å²) in [4.78, 5) is 2.54. The van der Waals surface area contributed by atoms with E-state index in [1.54, 1.807) is 0 Å². The molecule has 1 unspecified atom stereocenters. The number of hydrogen-bond donors (Lipinski definition) is 1. The minimum atomic E-state index is -0.239. The average Bonchev–Trinajstić information content (AvgIpc) is 3.00. The Morgan fingerprint density at radius 2 is 2.24 bits per heavy atom. The van der Waals surface area contributed by atoms with Crippen molar-refractivity contribution >= 4 is 5.69 Å². The molecule has 2 nitrogen and oxygen atoms in total. The van der Waals surface area contributed by atoms with E-state index >= 15 is 0 Å². The zero-order chi connectivity index (χ0) is 11.8. The van der Waals surface area contributed by atoms with Crippen LogP contribution in [0.3, 0.4) is 0 Å². The minimum absolute atomic E-state index is 0.239. The van der Waals surface area contributed by atoms with E-state index in [9.17, 15) is 5.11 Å². The molecular formula is C15H21NO. The number of aliphatic hydroxyl groups is 1. The molecule has 0 aromatic heterocycles. The van der Waals surface area contributed by atoms with Gasteiger partial charge in [0.25, 0.3) is 0 Å². The summed E-state index contributed by atoms with van der Waals surface area (Å²) in [7, 11) is 0. The van der Waals surface area contributed by atoms with Crippen molar-refractivity contribution in [3.05, 3.63) is 29.3 Å². The smallest absolute Gasteiger partial charge is 0.0552 e. The van der Waals surface area contributed by atoms with E-state index in [0.717, 1.165) is 12.3 Å². The maximum atomic E-state index is 9.42. The normalized spacial score (nSPS) is 20.5. The van der Waals surface area contributed by atoms with Gasteiger partial charge in [0, 0.05) is 18.8 Å². The molecule has 0 radical (unpaired) electrons. The Morgan fingerprint density at radius 1 is 1.41 bits per heavy atom. The Morgan fingerprint density at radius 3 is 2.94 bits per heavy atom. The predicted molar refractivity (Wildman–Crippen MR) is 70.5 cm³/mol. The summed E-state index contributed by atoms with van der Waals surface area (Å²) in [6.45, 7) is 4.29. The van der Waals surface area contributed by atoms with Gasteiger partial charge >= 0.3 is 0 Å². The van der Waals surface area contributed by atoms with Gasteiger partial charge in [-0.1, -0.05) is 12.1 Å². The first kappa shape index (κ1) is 11.1. The fraction of sp³-hybridized carbons (Fsp3) is 0.600. The topological polar surface area (TPSA) is 23.5 Å². The first-order valence-electron chi connectivity index (χ1n) is 6.77. The summed E-state index contributed by atoms with van der Waals surface area (Å²) in [5.74, 6) is 0.957. The van der Waals surface area contributed by atoms with Gasteiger partial charge in [-0.15, -0.1) is 0 Å². The number of rotatable bonds is 4. The molecule has 3 rings (SSSR count). The van der Waals surface area contributed by atoms with E-state index in [1.807, 2.05) is 6.92 Å². The molecule has 1 aromatic carbocycles. The second-order valence-electron chi connectivity index (χ2n) is 5.66. The summed E-state index contributed by atoms with van der Waals surface area (Å²) in [5, 5.41) is 9.42. The van der Waals surface area contributed by atoms with E-state index in [-0.39, 0.29) is 6.10 Å². The van der Waals surface area contributed by atoms with Gasteiger partial charge in [-0.2, -0.15) is 0 Å². The van der Waals surface area contributed by atoms with Gasteiger partial charge in [0.2, 0.25) is 0 Å². The number of aliphatic hydroxyl groups excluding tert-OH is 1. The van der Waals surface area contributed by atoms with E-state index in [4.69, 9.17) is 0 Å². The van der Waals surface area contributed by atoms with Crippen LogP contribution in [0.5, 0.6) is 0 Å². The average molecular weight is 231 g/mol. The number of nitrogens with zero attached hydrogens (tertiary/aromatic N) is 1. The molecular weight excluding hydrogens is 210 g/mol. The largest absolute Gasteiger partial charge is 0.393 e. The molecule has 0 bridgehead atoms. The highest BCUT2D eigenvalue weighted by molar-refractivity contribution is 5.59. The summed E-state index contributed by atoms with van der Waals surface area (Å²) >= 11 is 0. The van der Waals surface area contributed by atoms with Crippen molar-refractivity contribution in [2.24, 2.45) is 5.92 Å². The van der Waals surface area contributed by atoms with Gasteiger partial charge in [-0.25, -0.2) is 0 Å². The highest BCUT2D eigenvalue weighted by Gasteiger charge is 2.27. The lowest BCUT2D eigenvalue weighted by Crippen LogP contribution is -2.22. The lowest BCUT2D eigenvalue weighted by Gasteiger charge is -2.19. The predicted octanol–water partition coefficient (Wildman–Crippen LogP) is 2.38. The lowest BCUT2D eigenvalue weighted by atomic mass is 10.0. The molecule has 1 saturated carbocycles. The fourth-order valence-corrected chi connectivity index (χ4v) is 2.79. The highest BCUT2D eigenvalue weighted by Crippen LogP contribution is 2.35. The Bertz CT molecular complexity index is 409. The van der Waals surface area contributed by atoms with E-state index in [2.05, 4.69) is 23.1 Å². The summed E-state index contributed by atoms with van der Waals surface area (Å²) in [6, 6.07) is 6.72. The zero-order valence-corrected chi connectivity index (χ0v) is 10.5. The van der Waals surface area contributed by atoms with Gasteiger partial charge in [0.15, 0.2) is 0 Å². The van der Waals surface area contributed by atoms with E-state index in [1.165, 1.54) is 49.2 Å². The zero-order valence-electron chi connectivity index (χ0n) is 10.5. The Balaban J connectivity index is 1.75. The third kappa shape index (κ3) is 2.47. The molecule has 0 spiro atoms. The van der Waals surface area contributed by atoms with Crippen LogP contribution in [-0.2, 0) is 12.8 Å². The van der Waals surface area contributed by atoms with Crippen LogP contribution in [0.15, 0.2) is 18.2 Å². The lowest BCUT2D eigenvalue weighted by molar-refractivity contribution is 0.195. The van der Waals surface area contributed by atoms with Gasteiger partial charge in [-0.05, 0) is 55.7 Å². The summed E-state index contributed by atoms with van der Waals surface area (Å²) in [5.41, 5.74) is 4.18. The second kappa shape index (κ2) is 4.34. The Labute approximate surface area is 103 Å². The van der Waals surface area contributed by atoms with Gasteiger partial charge in [-0.3, -0.25) is 0 Å². The van der Waals surface area contributed by atoms with Gasteiger partial charge < -0.3 is 10.0 Å². The van der Waals surface area contributed by atoms with Gasteiger partial charge in [0.1, 0.15) is 0 Å². The fourth-order valence-electron chi connectivity index (χ4n) is 2.79. The van der Waals surface area contributed by atoms with Crippen molar-refractivity contribution < 1.29 is 5.11 Å². The van der Waals surface area contributed by atoms with Crippen LogP contribution >= 0.6 is 0 Å². The second-order valence-corrected chi connectivity index (χ2v) is 5.66. The molecule has 1 aliphatic heterocycles. The molecule has 1 atom stereocenters. The molecule has 0 saturated heterocycles. The SMILES string of the molecule is CC(O)Cc1ccc2c(c1)CCN2CC1CC1. The molecule has 17 heavy (non-hydrogen) atoms. The van der Waals surface area contributed by atoms with Crippen LogP contribution < -0.4 is 4.90 Å². The maximum Gasteiger partial charge on any atom is 0.0552 e. The van der Waals surface area contributed by atoms with Crippen LogP contribution in [0.1, 0.15) is 30.9 Å². The van der Waals surface area contributed by atoms with Crippen molar-refractivity contribution in [1.29, 1.82) is 0 Å². The number of benzene rings is 1. The number of hydrogen-bond acceptors (Lipinski definition) is 2. The minimum Gasteiger partial charge on any atom is -0.393 e. The van der Waals surface area contributed by atoms with Crippen molar-refractivity contribution in [2.45, 2.75) is 38.7 Å². The van der Waals surface area contributed by atoms with Crippen LogP contribution in [0.2, 0.25) is 0 Å². The standard InChI is InChI=1S/C15H21NO/c1-11(17)8-13-4-5-15-14(9-13)6-7-16(15)10-12-2-3-12/h4-5,9,11-12,17H,2-3,6-8,10H2,1H3. The van der Waals surface area contributed by atoms with Crippen molar-refractivity contribution in [1.82, 2.24) is 0 Å². The van der Waals surface area contributed by atoms with Crippen molar-refractivity contribution in [3.63, 3.8) is 0 Å². The molecule has 2 aliphatic rings. The first-order valence-corrected chi connectivity index (χ1v) is 6.77. The van der Waals surface area contributed by atoms with Gasteiger partial charge in [0.05, 0.1) is 6.10 Å². The van der Waals surface area contributed by atoms with Crippen LogP contribution in [0.4, 0.5) is 5.69 Å². The first-order chi connectivity index (χ1) is 8.22. The summed E-state index contributed by atoms with van der Waals surface area (Å²) in [6.07, 6.45) is 4.56. The van der Waals surface area contributed by atoms with Crippen molar-refractivity contribution in [2.75, 3.05) is 18.0 Å². The molecule has 1 aliphatic carbocycles.